The predicted octanol–water partition coefficient (Wildman–Crippen LogP) is 3.12. The first-order valence-corrected chi connectivity index (χ1v) is 5.91. The Bertz CT molecular complexity index is 336. The Hall–Kier alpha value is -1.58. The molecule has 17 heavy (non-hydrogen) atoms. The standard InChI is InChI=1S/C12H18N4O/c13-16-15-8-1-2-9-17-10-4-6-12-5-3-7-14-11-12/h3,5,7,11H,1-2,4,6,8-10H2. The van der Waals surface area contributed by atoms with Crippen LogP contribution < -0.4 is 0 Å². The van der Waals surface area contributed by atoms with Crippen LogP contribution in [0.4, 0.5) is 0 Å². The molecule has 1 heterocycles. The van der Waals surface area contributed by atoms with Crippen molar-refractivity contribution in [1.29, 1.82) is 0 Å². The van der Waals surface area contributed by atoms with Crippen molar-refractivity contribution in [2.45, 2.75) is 25.7 Å². The fourth-order valence-corrected chi connectivity index (χ4v) is 1.46. The Labute approximate surface area is 101 Å². The van der Waals surface area contributed by atoms with E-state index in [1.54, 1.807) is 6.20 Å². The Morgan fingerprint density at radius 2 is 2.18 bits per heavy atom. The first kappa shape index (κ1) is 13.5. The van der Waals surface area contributed by atoms with Crippen LogP contribution in [0.15, 0.2) is 29.6 Å². The van der Waals surface area contributed by atoms with E-state index in [1.807, 2.05) is 12.3 Å². The third-order valence-electron chi connectivity index (χ3n) is 2.34. The second kappa shape index (κ2) is 9.63. The van der Waals surface area contributed by atoms with Crippen LogP contribution in [0.1, 0.15) is 24.8 Å². The van der Waals surface area contributed by atoms with Crippen LogP contribution in [0.3, 0.4) is 0 Å². The zero-order valence-electron chi connectivity index (χ0n) is 9.96. The quantitative estimate of drug-likeness (QED) is 0.285. The number of unbranched alkanes of at least 4 members (excludes halogenated alkanes) is 1. The van der Waals surface area contributed by atoms with Crippen LogP contribution in [0, 0.1) is 0 Å². The second-order valence-electron chi connectivity index (χ2n) is 3.74. The molecule has 0 N–H and O–H groups in total. The molecule has 0 saturated carbocycles. The summed E-state index contributed by atoms with van der Waals surface area (Å²) in [5, 5.41) is 3.46. The molecular formula is C12H18N4O. The van der Waals surface area contributed by atoms with Crippen molar-refractivity contribution in [1.82, 2.24) is 4.98 Å². The molecule has 5 nitrogen and oxygen atoms in total. The molecule has 5 heteroatoms. The first-order chi connectivity index (χ1) is 8.43. The lowest BCUT2D eigenvalue weighted by Crippen LogP contribution is -1.99. The zero-order valence-corrected chi connectivity index (χ0v) is 9.96. The van der Waals surface area contributed by atoms with E-state index in [-0.39, 0.29) is 0 Å². The van der Waals surface area contributed by atoms with Crippen molar-refractivity contribution < 1.29 is 4.74 Å². The van der Waals surface area contributed by atoms with Gasteiger partial charge in [-0.05, 0) is 42.8 Å². The van der Waals surface area contributed by atoms with Crippen LogP contribution >= 0.6 is 0 Å². The molecule has 1 aromatic rings. The monoisotopic (exact) mass is 234 g/mol. The zero-order chi connectivity index (χ0) is 12.2. The van der Waals surface area contributed by atoms with Gasteiger partial charge in [0.25, 0.3) is 0 Å². The average molecular weight is 234 g/mol. The average Bonchev–Trinajstić information content (AvgIpc) is 2.38. The van der Waals surface area contributed by atoms with E-state index in [1.165, 1.54) is 5.56 Å². The number of ether oxygens (including phenoxy) is 1. The van der Waals surface area contributed by atoms with E-state index < -0.39 is 0 Å². The molecule has 1 aromatic heterocycles. The third-order valence-corrected chi connectivity index (χ3v) is 2.34. The summed E-state index contributed by atoms with van der Waals surface area (Å²) >= 11 is 0. The van der Waals surface area contributed by atoms with Crippen LogP contribution in [0.2, 0.25) is 0 Å². The van der Waals surface area contributed by atoms with Crippen molar-refractivity contribution in [2.24, 2.45) is 5.11 Å². The molecule has 0 bridgehead atoms. The van der Waals surface area contributed by atoms with Crippen LogP contribution in [0.25, 0.3) is 10.4 Å². The molecule has 0 amide bonds. The van der Waals surface area contributed by atoms with Crippen LogP contribution in [-0.4, -0.2) is 24.7 Å². The summed E-state index contributed by atoms with van der Waals surface area (Å²) in [7, 11) is 0. The second-order valence-corrected chi connectivity index (χ2v) is 3.74. The fraction of sp³-hybridized carbons (Fsp3) is 0.583. The first-order valence-electron chi connectivity index (χ1n) is 5.91. The number of pyridine rings is 1. The van der Waals surface area contributed by atoms with Crippen molar-refractivity contribution in [3.63, 3.8) is 0 Å². The van der Waals surface area contributed by atoms with Gasteiger partial charge in [-0.1, -0.05) is 11.2 Å². The van der Waals surface area contributed by atoms with Gasteiger partial charge in [-0.25, -0.2) is 0 Å². The molecule has 0 aromatic carbocycles. The summed E-state index contributed by atoms with van der Waals surface area (Å²) in [5.41, 5.74) is 9.32. The maximum Gasteiger partial charge on any atom is 0.0469 e. The molecule has 0 saturated heterocycles. The Morgan fingerprint density at radius 3 is 2.94 bits per heavy atom. The number of hydrogen-bond acceptors (Lipinski definition) is 3. The maximum absolute atomic E-state index is 8.07. The molecule has 0 unspecified atom stereocenters. The van der Waals surface area contributed by atoms with Gasteiger partial charge in [-0.3, -0.25) is 4.98 Å². The van der Waals surface area contributed by atoms with E-state index in [0.717, 1.165) is 38.9 Å². The summed E-state index contributed by atoms with van der Waals surface area (Å²) in [6, 6.07) is 4.03. The number of nitrogens with zero attached hydrogens (tertiary/aromatic N) is 4. The van der Waals surface area contributed by atoms with E-state index in [9.17, 15) is 0 Å². The van der Waals surface area contributed by atoms with Crippen molar-refractivity contribution in [3.8, 4) is 0 Å². The van der Waals surface area contributed by atoms with E-state index >= 15 is 0 Å². The largest absolute Gasteiger partial charge is 0.381 e. The predicted molar refractivity (Wildman–Crippen MR) is 66.6 cm³/mol. The van der Waals surface area contributed by atoms with Gasteiger partial charge >= 0.3 is 0 Å². The Kier molecular flexibility index (Phi) is 7.64. The smallest absolute Gasteiger partial charge is 0.0469 e. The number of hydrogen-bond donors (Lipinski definition) is 0. The number of aryl methyl sites for hydroxylation is 1. The lowest BCUT2D eigenvalue weighted by atomic mass is 10.2. The summed E-state index contributed by atoms with van der Waals surface area (Å²) in [5.74, 6) is 0. The van der Waals surface area contributed by atoms with Crippen molar-refractivity contribution in [3.05, 3.63) is 40.5 Å². The molecule has 0 fully saturated rings. The Balaban J connectivity index is 1.89. The van der Waals surface area contributed by atoms with Crippen LogP contribution in [-0.2, 0) is 11.2 Å². The SMILES string of the molecule is [N-]=[N+]=NCCCCOCCCc1cccnc1. The minimum Gasteiger partial charge on any atom is -0.381 e. The molecule has 0 aliphatic carbocycles. The Morgan fingerprint density at radius 1 is 1.29 bits per heavy atom. The van der Waals surface area contributed by atoms with Gasteiger partial charge in [0.15, 0.2) is 0 Å². The number of aromatic nitrogens is 1. The van der Waals surface area contributed by atoms with Gasteiger partial charge in [0.05, 0.1) is 0 Å². The summed E-state index contributed by atoms with van der Waals surface area (Å²) in [4.78, 5) is 6.76. The molecule has 0 spiro atoms. The minimum atomic E-state index is 0.565. The summed E-state index contributed by atoms with van der Waals surface area (Å²) in [6.45, 7) is 2.08. The number of rotatable bonds is 9. The van der Waals surface area contributed by atoms with Gasteiger partial charge < -0.3 is 4.74 Å². The fourth-order valence-electron chi connectivity index (χ4n) is 1.46. The highest BCUT2D eigenvalue weighted by molar-refractivity contribution is 5.08. The molecular weight excluding hydrogens is 216 g/mol. The molecule has 0 aliphatic rings. The summed E-state index contributed by atoms with van der Waals surface area (Å²) < 4.78 is 5.48. The van der Waals surface area contributed by atoms with Crippen LogP contribution in [0.5, 0.6) is 0 Å². The number of azide groups is 1. The lowest BCUT2D eigenvalue weighted by molar-refractivity contribution is 0.128. The maximum atomic E-state index is 8.07. The van der Waals surface area contributed by atoms with Gasteiger partial charge in [-0.15, -0.1) is 0 Å². The summed E-state index contributed by atoms with van der Waals surface area (Å²) in [6.07, 6.45) is 7.54. The molecule has 92 valence electrons. The molecule has 0 atom stereocenters. The minimum absolute atomic E-state index is 0.565. The van der Waals surface area contributed by atoms with Gasteiger partial charge in [0, 0.05) is 37.1 Å². The highest BCUT2D eigenvalue weighted by Crippen LogP contribution is 2.01. The van der Waals surface area contributed by atoms with E-state index in [2.05, 4.69) is 21.1 Å². The van der Waals surface area contributed by atoms with Gasteiger partial charge in [-0.2, -0.15) is 0 Å². The molecule has 0 radical (unpaired) electrons. The van der Waals surface area contributed by atoms with E-state index in [4.69, 9.17) is 10.3 Å². The lowest BCUT2D eigenvalue weighted by Gasteiger charge is -2.03. The third kappa shape index (κ3) is 7.33. The van der Waals surface area contributed by atoms with Crippen molar-refractivity contribution in [2.75, 3.05) is 19.8 Å². The molecule has 0 aliphatic heterocycles. The highest BCUT2D eigenvalue weighted by atomic mass is 16.5. The molecule has 1 rings (SSSR count). The normalized spacial score (nSPS) is 9.88. The highest BCUT2D eigenvalue weighted by Gasteiger charge is 1.93. The van der Waals surface area contributed by atoms with Gasteiger partial charge in [0.1, 0.15) is 0 Å². The van der Waals surface area contributed by atoms with E-state index in [0.29, 0.717) is 6.54 Å². The topological polar surface area (TPSA) is 70.9 Å². The van der Waals surface area contributed by atoms with Crippen molar-refractivity contribution >= 4 is 0 Å². The van der Waals surface area contributed by atoms with Gasteiger partial charge in [0.2, 0.25) is 0 Å².